The fraction of sp³-hybridized carbons (Fsp3) is 0.0625. The molecule has 3 rings (SSSR count). The van der Waals surface area contributed by atoms with Crippen LogP contribution in [-0.4, -0.2) is 10.3 Å². The molecule has 0 atom stereocenters. The first-order valence-corrected chi connectivity index (χ1v) is 7.17. The number of benzene rings is 2. The third-order valence-corrected chi connectivity index (χ3v) is 3.90. The topological polar surface area (TPSA) is 46.3 Å². The van der Waals surface area contributed by atoms with Crippen LogP contribution in [0.5, 0.6) is 0 Å². The molecule has 0 bridgehead atoms. The molecule has 0 aliphatic rings. The molecule has 0 unspecified atom stereocenters. The lowest BCUT2D eigenvalue weighted by Crippen LogP contribution is -1.92. The van der Waals surface area contributed by atoms with Gasteiger partial charge in [-0.25, -0.2) is 4.39 Å². The Hall–Kier alpha value is -1.88. The maximum atomic E-state index is 13.9. The van der Waals surface area contributed by atoms with Gasteiger partial charge in [-0.15, -0.1) is 0 Å². The zero-order valence-electron chi connectivity index (χ0n) is 11.2. The van der Waals surface area contributed by atoms with Crippen LogP contribution in [-0.2, 0) is 6.61 Å². The van der Waals surface area contributed by atoms with Crippen LogP contribution < -0.4 is 0 Å². The lowest BCUT2D eigenvalue weighted by Gasteiger charge is -2.05. The summed E-state index contributed by atoms with van der Waals surface area (Å²) >= 11 is 12.3. The van der Waals surface area contributed by atoms with Crippen molar-refractivity contribution < 1.29 is 14.0 Å². The zero-order chi connectivity index (χ0) is 15.7. The van der Waals surface area contributed by atoms with Crippen molar-refractivity contribution in [2.75, 3.05) is 0 Å². The summed E-state index contributed by atoms with van der Waals surface area (Å²) in [5.41, 5.74) is 1.22. The van der Waals surface area contributed by atoms with Crippen LogP contribution in [0, 0.1) is 5.82 Å². The van der Waals surface area contributed by atoms with E-state index in [2.05, 4.69) is 5.16 Å². The van der Waals surface area contributed by atoms with E-state index in [1.165, 1.54) is 6.07 Å². The highest BCUT2D eigenvalue weighted by molar-refractivity contribution is 6.39. The molecule has 2 aromatic carbocycles. The van der Waals surface area contributed by atoms with Crippen LogP contribution in [0.15, 0.2) is 47.0 Å². The van der Waals surface area contributed by atoms with E-state index in [4.69, 9.17) is 27.7 Å². The van der Waals surface area contributed by atoms with E-state index in [1.807, 2.05) is 0 Å². The van der Waals surface area contributed by atoms with Crippen LogP contribution in [0.4, 0.5) is 4.39 Å². The summed E-state index contributed by atoms with van der Waals surface area (Å²) in [7, 11) is 0. The minimum Gasteiger partial charge on any atom is -0.391 e. The second-order valence-electron chi connectivity index (χ2n) is 4.57. The summed E-state index contributed by atoms with van der Waals surface area (Å²) in [4.78, 5) is 0. The van der Waals surface area contributed by atoms with Gasteiger partial charge in [-0.05, 0) is 24.3 Å². The first-order valence-electron chi connectivity index (χ1n) is 6.42. The number of aliphatic hydroxyl groups excluding tert-OH is 1. The van der Waals surface area contributed by atoms with E-state index < -0.39 is 5.82 Å². The molecule has 112 valence electrons. The standard InChI is InChI=1S/C16H10Cl2FNO2/c17-11-5-3-6-12(18)14(11)16-10(8-21)15(20-22-16)9-4-1-2-7-13(9)19/h1-7,21H,8H2. The third-order valence-electron chi connectivity index (χ3n) is 3.27. The summed E-state index contributed by atoms with van der Waals surface area (Å²) in [5, 5.41) is 14.3. The van der Waals surface area contributed by atoms with Gasteiger partial charge in [-0.1, -0.05) is 46.6 Å². The molecule has 6 heteroatoms. The number of aliphatic hydroxyl groups is 1. The maximum absolute atomic E-state index is 13.9. The molecule has 1 N–H and O–H groups in total. The maximum Gasteiger partial charge on any atom is 0.176 e. The molecule has 0 spiro atoms. The van der Waals surface area contributed by atoms with Crippen LogP contribution in [0.2, 0.25) is 10.0 Å². The second kappa shape index (κ2) is 6.08. The fourth-order valence-corrected chi connectivity index (χ4v) is 2.80. The Labute approximate surface area is 135 Å². The van der Waals surface area contributed by atoms with Gasteiger partial charge < -0.3 is 9.63 Å². The van der Waals surface area contributed by atoms with E-state index >= 15 is 0 Å². The van der Waals surface area contributed by atoms with E-state index in [9.17, 15) is 9.50 Å². The monoisotopic (exact) mass is 337 g/mol. The van der Waals surface area contributed by atoms with Crippen molar-refractivity contribution in [2.45, 2.75) is 6.61 Å². The van der Waals surface area contributed by atoms with Gasteiger partial charge in [0.05, 0.1) is 27.8 Å². The predicted octanol–water partition coefficient (Wildman–Crippen LogP) is 4.95. The molecule has 3 nitrogen and oxygen atoms in total. The molecule has 0 amide bonds. The molecular formula is C16H10Cl2FNO2. The summed E-state index contributed by atoms with van der Waals surface area (Å²) in [5.74, 6) is -0.223. The third kappa shape index (κ3) is 2.50. The molecular weight excluding hydrogens is 328 g/mol. The second-order valence-corrected chi connectivity index (χ2v) is 5.39. The van der Waals surface area contributed by atoms with E-state index in [0.29, 0.717) is 21.2 Å². The highest BCUT2D eigenvalue weighted by Gasteiger charge is 2.23. The normalized spacial score (nSPS) is 10.9. The van der Waals surface area contributed by atoms with Crippen LogP contribution >= 0.6 is 23.2 Å². The first-order chi connectivity index (χ1) is 10.6. The number of nitrogens with zero attached hydrogens (tertiary/aromatic N) is 1. The van der Waals surface area contributed by atoms with Gasteiger partial charge in [-0.3, -0.25) is 0 Å². The summed E-state index contributed by atoms with van der Waals surface area (Å²) in [6.45, 7) is -0.385. The fourth-order valence-electron chi connectivity index (χ4n) is 2.23. The van der Waals surface area contributed by atoms with Gasteiger partial charge in [-0.2, -0.15) is 0 Å². The largest absolute Gasteiger partial charge is 0.391 e. The van der Waals surface area contributed by atoms with E-state index in [0.717, 1.165) is 0 Å². The highest BCUT2D eigenvalue weighted by Crippen LogP contribution is 2.40. The molecule has 1 aromatic heterocycles. The molecule has 0 fully saturated rings. The van der Waals surface area contributed by atoms with Crippen molar-refractivity contribution in [3.63, 3.8) is 0 Å². The van der Waals surface area contributed by atoms with Gasteiger partial charge in [0.1, 0.15) is 11.5 Å². The lowest BCUT2D eigenvalue weighted by atomic mass is 10.0. The molecule has 3 aromatic rings. The van der Waals surface area contributed by atoms with Gasteiger partial charge in [0.15, 0.2) is 5.76 Å². The number of halogens is 3. The van der Waals surface area contributed by atoms with Gasteiger partial charge >= 0.3 is 0 Å². The highest BCUT2D eigenvalue weighted by atomic mass is 35.5. The molecule has 1 heterocycles. The molecule has 0 radical (unpaired) electrons. The number of hydrogen-bond donors (Lipinski definition) is 1. The zero-order valence-corrected chi connectivity index (χ0v) is 12.7. The number of hydrogen-bond acceptors (Lipinski definition) is 3. The summed E-state index contributed by atoms with van der Waals surface area (Å²) in [6.07, 6.45) is 0. The van der Waals surface area contributed by atoms with Crippen molar-refractivity contribution in [1.82, 2.24) is 5.16 Å². The average Bonchev–Trinajstić information content (AvgIpc) is 2.91. The minimum absolute atomic E-state index is 0.228. The Morgan fingerprint density at radius 3 is 2.36 bits per heavy atom. The summed E-state index contributed by atoms with van der Waals surface area (Å²) in [6, 6.07) is 11.1. The average molecular weight is 338 g/mol. The van der Waals surface area contributed by atoms with Crippen molar-refractivity contribution in [3.8, 4) is 22.6 Å². The molecule has 0 aliphatic carbocycles. The molecule has 0 saturated heterocycles. The number of rotatable bonds is 3. The molecule has 0 aliphatic heterocycles. The SMILES string of the molecule is OCc1c(-c2ccccc2F)noc1-c1c(Cl)cccc1Cl. The Morgan fingerprint density at radius 2 is 1.73 bits per heavy atom. The minimum atomic E-state index is -0.456. The van der Waals surface area contributed by atoms with Gasteiger partial charge in [0.2, 0.25) is 0 Å². The van der Waals surface area contributed by atoms with Crippen molar-refractivity contribution >= 4 is 23.2 Å². The van der Waals surface area contributed by atoms with Crippen molar-refractivity contribution in [2.24, 2.45) is 0 Å². The Kier molecular flexibility index (Phi) is 4.16. The van der Waals surface area contributed by atoms with Crippen LogP contribution in [0.1, 0.15) is 5.56 Å². The Bertz CT molecular complexity index is 813. The molecule has 22 heavy (non-hydrogen) atoms. The predicted molar refractivity (Wildman–Crippen MR) is 83.3 cm³/mol. The van der Waals surface area contributed by atoms with Crippen LogP contribution in [0.25, 0.3) is 22.6 Å². The van der Waals surface area contributed by atoms with E-state index in [1.54, 1.807) is 36.4 Å². The Morgan fingerprint density at radius 1 is 1.05 bits per heavy atom. The van der Waals surface area contributed by atoms with E-state index in [-0.39, 0.29) is 23.6 Å². The summed E-state index contributed by atoms with van der Waals surface area (Å²) < 4.78 is 19.2. The smallest absolute Gasteiger partial charge is 0.176 e. The van der Waals surface area contributed by atoms with Gasteiger partial charge in [0, 0.05) is 5.56 Å². The Balaban J connectivity index is 2.23. The molecule has 0 saturated carbocycles. The number of aromatic nitrogens is 1. The first kappa shape index (κ1) is 15.0. The van der Waals surface area contributed by atoms with Gasteiger partial charge in [0.25, 0.3) is 0 Å². The van der Waals surface area contributed by atoms with Crippen LogP contribution in [0.3, 0.4) is 0 Å². The lowest BCUT2D eigenvalue weighted by molar-refractivity contribution is 0.281. The quantitative estimate of drug-likeness (QED) is 0.735. The van der Waals surface area contributed by atoms with Crippen molar-refractivity contribution in [3.05, 3.63) is 63.9 Å². The van der Waals surface area contributed by atoms with Crippen molar-refractivity contribution in [1.29, 1.82) is 0 Å².